The molecule has 1 rings (SSSR count). The molecular weight excluding hydrogens is 228 g/mol. The highest BCUT2D eigenvalue weighted by Gasteiger charge is 2.18. The summed E-state index contributed by atoms with van der Waals surface area (Å²) in [6, 6.07) is 1.93. The summed E-state index contributed by atoms with van der Waals surface area (Å²) in [5.74, 6) is -0.532. The fourth-order valence-electron chi connectivity index (χ4n) is 1.27. The van der Waals surface area contributed by atoms with Crippen molar-refractivity contribution >= 4 is 17.7 Å². The van der Waals surface area contributed by atoms with E-state index in [0.717, 1.165) is 10.7 Å². The molecule has 5 nitrogen and oxygen atoms in total. The van der Waals surface area contributed by atoms with Crippen LogP contribution in [0.1, 0.15) is 12.6 Å². The van der Waals surface area contributed by atoms with Crippen LogP contribution in [0.3, 0.4) is 0 Å². The molecule has 0 amide bonds. The number of nitrogens with zero attached hydrogens (tertiary/aromatic N) is 2. The molecule has 0 radical (unpaired) electrons. The summed E-state index contributed by atoms with van der Waals surface area (Å²) in [7, 11) is 1.84. The number of aromatic nitrogens is 2. The maximum absolute atomic E-state index is 10.8. The first-order chi connectivity index (χ1) is 7.54. The minimum atomic E-state index is -0.923. The van der Waals surface area contributed by atoms with Gasteiger partial charge in [-0.05, 0) is 19.9 Å². The Morgan fingerprint density at radius 1 is 1.75 bits per heavy atom. The van der Waals surface area contributed by atoms with Crippen LogP contribution in [0.25, 0.3) is 0 Å². The lowest BCUT2D eigenvalue weighted by molar-refractivity contribution is -0.148. The topological polar surface area (TPSA) is 64.4 Å². The van der Waals surface area contributed by atoms with Crippen LogP contribution < -0.4 is 0 Å². The number of aliphatic carboxylic acids is 1. The minimum absolute atomic E-state index is 0.391. The smallest absolute Gasteiger partial charge is 0.333 e. The van der Waals surface area contributed by atoms with Crippen LogP contribution in [0.15, 0.2) is 11.1 Å². The minimum Gasteiger partial charge on any atom is -0.479 e. The molecule has 1 atom stereocenters. The van der Waals surface area contributed by atoms with Crippen molar-refractivity contribution < 1.29 is 14.6 Å². The first-order valence-corrected chi connectivity index (χ1v) is 6.01. The van der Waals surface area contributed by atoms with E-state index in [2.05, 4.69) is 5.10 Å². The van der Waals surface area contributed by atoms with E-state index in [1.54, 1.807) is 11.6 Å². The molecule has 0 aliphatic rings. The van der Waals surface area contributed by atoms with Crippen molar-refractivity contribution in [3.05, 3.63) is 11.8 Å². The van der Waals surface area contributed by atoms with E-state index >= 15 is 0 Å². The number of rotatable bonds is 6. The predicted octanol–water partition coefficient (Wildman–Crippen LogP) is 1.31. The van der Waals surface area contributed by atoms with Crippen molar-refractivity contribution in [2.24, 2.45) is 7.05 Å². The third-order valence-electron chi connectivity index (χ3n) is 1.98. The van der Waals surface area contributed by atoms with E-state index in [1.165, 1.54) is 11.8 Å². The molecule has 1 aromatic heterocycles. The monoisotopic (exact) mass is 244 g/mol. The first kappa shape index (κ1) is 13.1. The molecule has 0 fully saturated rings. The van der Waals surface area contributed by atoms with Gasteiger partial charge in [-0.2, -0.15) is 5.10 Å². The Balaban J connectivity index is 2.55. The van der Waals surface area contributed by atoms with Gasteiger partial charge in [-0.1, -0.05) is 0 Å². The molecule has 0 aromatic carbocycles. The van der Waals surface area contributed by atoms with Crippen molar-refractivity contribution in [1.29, 1.82) is 0 Å². The maximum Gasteiger partial charge on any atom is 0.333 e. The highest BCUT2D eigenvalue weighted by Crippen LogP contribution is 2.20. The molecule has 90 valence electrons. The predicted molar refractivity (Wildman–Crippen MR) is 61.7 cm³/mol. The lowest BCUT2D eigenvalue weighted by Gasteiger charge is -2.11. The van der Waals surface area contributed by atoms with E-state index in [-0.39, 0.29) is 0 Å². The Morgan fingerprint density at radius 2 is 2.44 bits per heavy atom. The van der Waals surface area contributed by atoms with Gasteiger partial charge < -0.3 is 9.84 Å². The molecule has 1 heterocycles. The van der Waals surface area contributed by atoms with Crippen molar-refractivity contribution in [3.8, 4) is 0 Å². The van der Waals surface area contributed by atoms with Crippen LogP contribution in [0.5, 0.6) is 0 Å². The summed E-state index contributed by atoms with van der Waals surface area (Å²) in [6.07, 6.45) is -0.759. The quantitative estimate of drug-likeness (QED) is 0.764. The largest absolute Gasteiger partial charge is 0.479 e. The molecule has 6 heteroatoms. The molecule has 1 N–H and O–H groups in total. The summed E-state index contributed by atoms with van der Waals surface area (Å²) >= 11 is 1.44. The zero-order valence-electron chi connectivity index (χ0n) is 9.64. The summed E-state index contributed by atoms with van der Waals surface area (Å²) in [4.78, 5) is 10.8. The third kappa shape index (κ3) is 3.53. The Hall–Kier alpha value is -1.01. The van der Waals surface area contributed by atoms with Crippen molar-refractivity contribution in [2.45, 2.75) is 25.0 Å². The second-order valence-corrected chi connectivity index (χ2v) is 4.38. The highest BCUT2D eigenvalue weighted by atomic mass is 32.2. The van der Waals surface area contributed by atoms with E-state index < -0.39 is 12.1 Å². The molecular formula is C10H16N2O3S. The molecule has 0 saturated heterocycles. The second-order valence-electron chi connectivity index (χ2n) is 3.34. The molecule has 0 aliphatic heterocycles. The zero-order chi connectivity index (χ0) is 12.1. The summed E-state index contributed by atoms with van der Waals surface area (Å²) in [5, 5.41) is 14.0. The molecule has 0 aliphatic carbocycles. The van der Waals surface area contributed by atoms with Gasteiger partial charge in [0.25, 0.3) is 0 Å². The van der Waals surface area contributed by atoms with Crippen LogP contribution in [-0.2, 0) is 16.6 Å². The van der Waals surface area contributed by atoms with E-state index in [4.69, 9.17) is 9.84 Å². The third-order valence-corrected chi connectivity index (χ3v) is 3.13. The average molecular weight is 244 g/mol. The van der Waals surface area contributed by atoms with Gasteiger partial charge in [-0.15, -0.1) is 11.8 Å². The lowest BCUT2D eigenvalue weighted by Crippen LogP contribution is -2.26. The number of thioether (sulfide) groups is 1. The molecule has 1 aromatic rings. The Bertz CT molecular complexity index is 365. The molecule has 1 unspecified atom stereocenters. The number of ether oxygens (including phenoxy) is 1. The van der Waals surface area contributed by atoms with Crippen molar-refractivity contribution in [1.82, 2.24) is 9.78 Å². The first-order valence-electron chi connectivity index (χ1n) is 5.02. The maximum atomic E-state index is 10.8. The Labute approximate surface area is 98.8 Å². The van der Waals surface area contributed by atoms with Gasteiger partial charge >= 0.3 is 5.97 Å². The summed E-state index contributed by atoms with van der Waals surface area (Å²) in [6.45, 7) is 4.10. The van der Waals surface area contributed by atoms with E-state index in [1.807, 2.05) is 20.0 Å². The lowest BCUT2D eigenvalue weighted by atomic mass is 10.4. The summed E-state index contributed by atoms with van der Waals surface area (Å²) in [5.41, 5.74) is 0.924. The fraction of sp³-hybridized carbons (Fsp3) is 0.600. The van der Waals surface area contributed by atoms with E-state index in [0.29, 0.717) is 12.4 Å². The molecule has 0 bridgehead atoms. The Morgan fingerprint density at radius 3 is 2.88 bits per heavy atom. The Kier molecular flexibility index (Phi) is 4.82. The van der Waals surface area contributed by atoms with Gasteiger partial charge in [-0.25, -0.2) is 4.79 Å². The number of carboxylic acid groups (broad SMARTS) is 1. The van der Waals surface area contributed by atoms with Gasteiger partial charge in [0.15, 0.2) is 6.10 Å². The molecule has 0 spiro atoms. The molecule has 0 saturated carbocycles. The van der Waals surface area contributed by atoms with Gasteiger partial charge in [0.2, 0.25) is 0 Å². The van der Waals surface area contributed by atoms with Crippen molar-refractivity contribution in [3.63, 3.8) is 0 Å². The van der Waals surface area contributed by atoms with E-state index in [9.17, 15) is 4.79 Å². The fourth-order valence-corrected chi connectivity index (χ4v) is 2.32. The SMILES string of the molecule is CCOC(CSc1cc(C)nn1C)C(=O)O. The average Bonchev–Trinajstić information content (AvgIpc) is 2.51. The van der Waals surface area contributed by atoms with Crippen LogP contribution >= 0.6 is 11.8 Å². The number of hydrogen-bond donors (Lipinski definition) is 1. The van der Waals surface area contributed by atoms with Crippen LogP contribution in [0.2, 0.25) is 0 Å². The number of aryl methyl sites for hydroxylation is 2. The van der Waals surface area contributed by atoms with Gasteiger partial charge in [-0.3, -0.25) is 4.68 Å². The van der Waals surface area contributed by atoms with Crippen LogP contribution in [0, 0.1) is 6.92 Å². The van der Waals surface area contributed by atoms with Gasteiger partial charge in [0.1, 0.15) is 0 Å². The van der Waals surface area contributed by atoms with Crippen molar-refractivity contribution in [2.75, 3.05) is 12.4 Å². The number of hydrogen-bond acceptors (Lipinski definition) is 4. The zero-order valence-corrected chi connectivity index (χ0v) is 10.5. The normalized spacial score (nSPS) is 12.7. The number of carbonyl (C=O) groups is 1. The van der Waals surface area contributed by atoms with Gasteiger partial charge in [0.05, 0.1) is 10.7 Å². The van der Waals surface area contributed by atoms with Crippen LogP contribution in [0.4, 0.5) is 0 Å². The number of carboxylic acids is 1. The second kappa shape index (κ2) is 5.91. The molecule has 16 heavy (non-hydrogen) atoms. The summed E-state index contributed by atoms with van der Waals surface area (Å²) < 4.78 is 6.86. The standard InChI is InChI=1S/C10H16N2O3S/c1-4-15-8(10(13)14)6-16-9-5-7(2)11-12(9)3/h5,8H,4,6H2,1-3H3,(H,13,14). The van der Waals surface area contributed by atoms with Gasteiger partial charge in [0, 0.05) is 19.4 Å². The highest BCUT2D eigenvalue weighted by molar-refractivity contribution is 7.99. The van der Waals surface area contributed by atoms with Crippen LogP contribution in [-0.4, -0.2) is 39.3 Å².